The number of benzene rings is 2. The van der Waals surface area contributed by atoms with E-state index in [1.165, 1.54) is 5.56 Å². The molecule has 4 heteroatoms. The Balaban J connectivity index is 2.10. The normalized spacial score (nSPS) is 20.0. The number of anilines is 1. The van der Waals surface area contributed by atoms with Crippen molar-refractivity contribution in [1.29, 1.82) is 0 Å². The van der Waals surface area contributed by atoms with Crippen LogP contribution < -0.4 is 10.0 Å². The third kappa shape index (κ3) is 2.33. The number of fused-ring (bicyclic) bond motifs is 1. The van der Waals surface area contributed by atoms with Crippen molar-refractivity contribution in [3.8, 4) is 0 Å². The van der Waals surface area contributed by atoms with Crippen molar-refractivity contribution in [2.24, 2.45) is 0 Å². The number of rotatable bonds is 1. The molecule has 2 aromatic rings. The Morgan fingerprint density at radius 3 is 2.55 bits per heavy atom. The lowest BCUT2D eigenvalue weighted by molar-refractivity contribution is 0.754. The molecule has 0 saturated carbocycles. The van der Waals surface area contributed by atoms with Crippen LogP contribution in [-0.2, 0) is 0 Å². The summed E-state index contributed by atoms with van der Waals surface area (Å²) in [6.07, 6.45) is 0.00692. The van der Waals surface area contributed by atoms with Crippen molar-refractivity contribution >= 4 is 38.4 Å². The van der Waals surface area contributed by atoms with Gasteiger partial charge in [-0.15, -0.1) is 9.39 Å². The Kier molecular flexibility index (Phi) is 3.28. The molecule has 2 N–H and O–H groups in total. The zero-order valence-electron chi connectivity index (χ0n) is 11.3. The fourth-order valence-electron chi connectivity index (χ4n) is 2.36. The van der Waals surface area contributed by atoms with Gasteiger partial charge >= 0.3 is 0 Å². The maximum Gasteiger partial charge on any atom is 0.112 e. The van der Waals surface area contributed by atoms with Gasteiger partial charge in [0.05, 0.1) is 5.69 Å². The Morgan fingerprint density at radius 2 is 1.85 bits per heavy atom. The van der Waals surface area contributed by atoms with E-state index in [4.69, 9.17) is 11.6 Å². The highest BCUT2D eigenvalue weighted by molar-refractivity contribution is 8.26. The Bertz CT molecular complexity index is 752. The molecule has 0 amide bonds. The molecule has 1 atom stereocenters. The highest BCUT2D eigenvalue weighted by Crippen LogP contribution is 2.44. The summed E-state index contributed by atoms with van der Waals surface area (Å²) in [4.78, 5) is 1.12. The lowest BCUT2D eigenvalue weighted by Crippen LogP contribution is -2.30. The van der Waals surface area contributed by atoms with Gasteiger partial charge in [-0.1, -0.05) is 53.7 Å². The molecule has 2 nitrogen and oxygen atoms in total. The quantitative estimate of drug-likeness (QED) is 0.767. The van der Waals surface area contributed by atoms with E-state index in [0.29, 0.717) is 0 Å². The van der Waals surface area contributed by atoms with Gasteiger partial charge in [-0.3, -0.25) is 0 Å². The summed E-state index contributed by atoms with van der Waals surface area (Å²) in [5.41, 5.74) is 3.24. The van der Waals surface area contributed by atoms with Crippen molar-refractivity contribution in [3.63, 3.8) is 0 Å². The zero-order valence-corrected chi connectivity index (χ0v) is 12.9. The summed E-state index contributed by atoms with van der Waals surface area (Å²) in [5.74, 6) is 8.59. The Labute approximate surface area is 125 Å². The van der Waals surface area contributed by atoms with E-state index in [1.807, 2.05) is 31.2 Å². The van der Waals surface area contributed by atoms with Crippen LogP contribution in [0.2, 0.25) is 5.02 Å². The van der Waals surface area contributed by atoms with E-state index in [9.17, 15) is 0 Å². The van der Waals surface area contributed by atoms with E-state index in [2.05, 4.69) is 40.0 Å². The molecular formula is C16H17ClN2S. The standard InChI is InChI=1S/C16H17ClN2S/c1-11-9-15-14(10-13(11)17)18-16(19-20(15,2)3)12-7-5-4-6-8-12/h4-10,16,18-19H,2-3H2,1H3. The van der Waals surface area contributed by atoms with Crippen molar-refractivity contribution in [2.45, 2.75) is 18.0 Å². The first-order chi connectivity index (χ1) is 9.47. The average Bonchev–Trinajstić information content (AvgIpc) is 2.41. The van der Waals surface area contributed by atoms with Crippen LogP contribution in [0.25, 0.3) is 0 Å². The molecule has 1 unspecified atom stereocenters. The van der Waals surface area contributed by atoms with Gasteiger partial charge in [0.1, 0.15) is 6.17 Å². The van der Waals surface area contributed by atoms with Gasteiger partial charge in [-0.2, -0.15) is 0 Å². The van der Waals surface area contributed by atoms with Crippen LogP contribution in [0.4, 0.5) is 5.69 Å². The second kappa shape index (κ2) is 4.85. The number of nitrogens with one attached hydrogen (secondary N) is 2. The first kappa shape index (κ1) is 13.6. The van der Waals surface area contributed by atoms with E-state index in [-0.39, 0.29) is 6.17 Å². The lowest BCUT2D eigenvalue weighted by atomic mass is 10.1. The lowest BCUT2D eigenvalue weighted by Gasteiger charge is -2.35. The minimum absolute atomic E-state index is 0.00692. The molecule has 1 aliphatic rings. The second-order valence-corrected chi connectivity index (χ2v) is 7.94. The van der Waals surface area contributed by atoms with Gasteiger partial charge in [0.15, 0.2) is 0 Å². The molecule has 0 aliphatic carbocycles. The Morgan fingerprint density at radius 1 is 1.15 bits per heavy atom. The van der Waals surface area contributed by atoms with Crippen LogP contribution in [0.15, 0.2) is 47.4 Å². The van der Waals surface area contributed by atoms with Gasteiger partial charge in [0.2, 0.25) is 0 Å². The molecule has 0 fully saturated rings. The minimum Gasteiger partial charge on any atom is -0.364 e. The minimum atomic E-state index is -1.55. The monoisotopic (exact) mass is 304 g/mol. The first-order valence-electron chi connectivity index (χ1n) is 6.36. The highest BCUT2D eigenvalue weighted by atomic mass is 35.5. The van der Waals surface area contributed by atoms with Crippen LogP contribution in [0.3, 0.4) is 0 Å². The molecule has 3 rings (SSSR count). The predicted molar refractivity (Wildman–Crippen MR) is 92.2 cm³/mol. The molecule has 1 heterocycles. The van der Waals surface area contributed by atoms with Gasteiger partial charge < -0.3 is 5.32 Å². The maximum absolute atomic E-state index is 6.24. The zero-order chi connectivity index (χ0) is 14.3. The largest absolute Gasteiger partial charge is 0.364 e. The van der Waals surface area contributed by atoms with Crippen LogP contribution in [-0.4, -0.2) is 11.7 Å². The molecule has 0 bridgehead atoms. The molecule has 2 aromatic carbocycles. The van der Waals surface area contributed by atoms with Crippen LogP contribution in [0.5, 0.6) is 0 Å². The SMILES string of the molecule is C=S1(=C)NC(c2ccccc2)Nc2cc(Cl)c(C)cc21. The van der Waals surface area contributed by atoms with E-state index >= 15 is 0 Å². The van der Waals surface area contributed by atoms with Crippen LogP contribution in [0, 0.1) is 6.92 Å². The summed E-state index contributed by atoms with van der Waals surface area (Å²) in [6, 6.07) is 14.3. The molecule has 104 valence electrons. The summed E-state index contributed by atoms with van der Waals surface area (Å²) in [6.45, 7) is 2.00. The number of hydrogen-bond acceptors (Lipinski definition) is 2. The Hall–Kier alpha value is -1.42. The van der Waals surface area contributed by atoms with E-state index in [1.54, 1.807) is 0 Å². The van der Waals surface area contributed by atoms with Crippen molar-refractivity contribution in [1.82, 2.24) is 4.72 Å². The molecular weight excluding hydrogens is 288 g/mol. The maximum atomic E-state index is 6.24. The summed E-state index contributed by atoms with van der Waals surface area (Å²) >= 11 is 6.24. The summed E-state index contributed by atoms with van der Waals surface area (Å²) < 4.78 is 3.52. The predicted octanol–water partition coefficient (Wildman–Crippen LogP) is 4.30. The first-order valence-corrected chi connectivity index (χ1v) is 8.71. The summed E-state index contributed by atoms with van der Waals surface area (Å²) in [7, 11) is -1.55. The second-order valence-electron chi connectivity index (χ2n) is 5.09. The third-order valence-electron chi connectivity index (χ3n) is 3.46. The number of hydrogen-bond donors (Lipinski definition) is 2. The van der Waals surface area contributed by atoms with Gasteiger partial charge in [-0.05, 0) is 30.2 Å². The smallest absolute Gasteiger partial charge is 0.112 e. The van der Waals surface area contributed by atoms with Gasteiger partial charge in [0, 0.05) is 9.92 Å². The fraction of sp³-hybridized carbons (Fsp3) is 0.125. The van der Waals surface area contributed by atoms with Crippen molar-refractivity contribution < 1.29 is 0 Å². The molecule has 0 aromatic heterocycles. The van der Waals surface area contributed by atoms with Crippen molar-refractivity contribution in [3.05, 3.63) is 58.6 Å². The third-order valence-corrected chi connectivity index (χ3v) is 5.73. The van der Waals surface area contributed by atoms with Crippen LogP contribution in [0.1, 0.15) is 17.3 Å². The van der Waals surface area contributed by atoms with Crippen molar-refractivity contribution in [2.75, 3.05) is 5.32 Å². The van der Waals surface area contributed by atoms with Crippen LogP contribution >= 0.6 is 21.0 Å². The van der Waals surface area contributed by atoms with Gasteiger partial charge in [0.25, 0.3) is 0 Å². The molecule has 0 radical (unpaired) electrons. The number of halogens is 1. The van der Waals surface area contributed by atoms with E-state index in [0.717, 1.165) is 21.2 Å². The topological polar surface area (TPSA) is 24.1 Å². The molecule has 1 aliphatic heterocycles. The number of aryl methyl sites for hydroxylation is 1. The fourth-order valence-corrected chi connectivity index (χ4v) is 4.24. The van der Waals surface area contributed by atoms with E-state index < -0.39 is 9.39 Å². The molecule has 0 saturated heterocycles. The highest BCUT2D eigenvalue weighted by Gasteiger charge is 2.23. The molecule has 0 spiro atoms. The summed E-state index contributed by atoms with van der Waals surface area (Å²) in [5, 5.41) is 4.25. The average molecular weight is 305 g/mol. The molecule has 20 heavy (non-hydrogen) atoms. The van der Waals surface area contributed by atoms with Gasteiger partial charge in [-0.25, -0.2) is 4.72 Å².